The van der Waals surface area contributed by atoms with Gasteiger partial charge in [0.25, 0.3) is 5.91 Å². The van der Waals surface area contributed by atoms with E-state index in [9.17, 15) is 9.90 Å². The number of rotatable bonds is 4. The van der Waals surface area contributed by atoms with Crippen molar-refractivity contribution < 1.29 is 19.4 Å². The van der Waals surface area contributed by atoms with E-state index in [1.165, 1.54) is 14.2 Å². The highest BCUT2D eigenvalue weighted by molar-refractivity contribution is 6.09. The molecule has 0 unspecified atom stereocenters. The third kappa shape index (κ3) is 3.14. The number of hydrogen-bond donors (Lipinski definition) is 3. The van der Waals surface area contributed by atoms with Gasteiger partial charge in [-0.2, -0.15) is 0 Å². The zero-order valence-corrected chi connectivity index (χ0v) is 13.9. The molecule has 0 spiro atoms. The molecule has 0 aliphatic rings. The molecule has 0 radical (unpaired) electrons. The predicted molar refractivity (Wildman–Crippen MR) is 97.5 cm³/mol. The zero-order chi connectivity index (χ0) is 18.0. The van der Waals surface area contributed by atoms with Crippen molar-refractivity contribution in [2.75, 3.05) is 25.3 Å². The molecule has 3 aromatic rings. The fraction of sp³-hybridized carbons (Fsp3) is 0.105. The monoisotopic (exact) mass is 338 g/mol. The van der Waals surface area contributed by atoms with E-state index in [2.05, 4.69) is 5.32 Å². The summed E-state index contributed by atoms with van der Waals surface area (Å²) in [5.74, 6) is 0.247. The summed E-state index contributed by atoms with van der Waals surface area (Å²) in [6.07, 6.45) is 0. The summed E-state index contributed by atoms with van der Waals surface area (Å²) in [5, 5.41) is 14.6. The number of nitrogens with one attached hydrogen (secondary N) is 1. The summed E-state index contributed by atoms with van der Waals surface area (Å²) in [6, 6.07) is 13.8. The van der Waals surface area contributed by atoms with E-state index in [-0.39, 0.29) is 11.3 Å². The van der Waals surface area contributed by atoms with E-state index in [1.54, 1.807) is 24.3 Å². The van der Waals surface area contributed by atoms with Gasteiger partial charge in [-0.3, -0.25) is 4.79 Å². The van der Waals surface area contributed by atoms with Crippen molar-refractivity contribution >= 4 is 28.1 Å². The van der Waals surface area contributed by atoms with Crippen LogP contribution in [-0.2, 0) is 0 Å². The number of carbonyl (C=O) groups is 1. The summed E-state index contributed by atoms with van der Waals surface area (Å²) >= 11 is 0. The van der Waals surface area contributed by atoms with E-state index in [1.807, 2.05) is 24.3 Å². The second-order valence-electron chi connectivity index (χ2n) is 5.47. The lowest BCUT2D eigenvalue weighted by Gasteiger charge is -2.14. The van der Waals surface area contributed by atoms with Crippen LogP contribution in [0.4, 0.5) is 11.4 Å². The van der Waals surface area contributed by atoms with Crippen LogP contribution in [0.5, 0.6) is 17.2 Å². The number of benzene rings is 3. The summed E-state index contributed by atoms with van der Waals surface area (Å²) in [4.78, 5) is 12.6. The van der Waals surface area contributed by atoms with Gasteiger partial charge in [0.1, 0.15) is 17.2 Å². The fourth-order valence-electron chi connectivity index (χ4n) is 2.62. The van der Waals surface area contributed by atoms with Crippen molar-refractivity contribution in [3.05, 3.63) is 54.1 Å². The standard InChI is InChI=1S/C19H18N2O4/c1-24-17-10-15(18(25-2)9-14(17)20)21-19(23)13-7-11-5-3-4-6-12(11)8-16(13)22/h3-10,22H,20H2,1-2H3,(H,21,23). The van der Waals surface area contributed by atoms with Crippen LogP contribution >= 0.6 is 0 Å². The van der Waals surface area contributed by atoms with Gasteiger partial charge in [0, 0.05) is 12.1 Å². The first-order chi connectivity index (χ1) is 12.0. The Morgan fingerprint density at radius 1 is 1.00 bits per heavy atom. The van der Waals surface area contributed by atoms with Crippen LogP contribution < -0.4 is 20.5 Å². The minimum atomic E-state index is -0.464. The Balaban J connectivity index is 1.99. The lowest BCUT2D eigenvalue weighted by Crippen LogP contribution is -2.13. The molecule has 0 saturated heterocycles. The molecular formula is C19H18N2O4. The predicted octanol–water partition coefficient (Wildman–Crippen LogP) is 3.40. The number of ether oxygens (including phenoxy) is 2. The molecule has 128 valence electrons. The molecule has 6 heteroatoms. The maximum Gasteiger partial charge on any atom is 0.259 e. The number of amides is 1. The lowest BCUT2D eigenvalue weighted by molar-refractivity contribution is 0.102. The molecule has 0 bridgehead atoms. The summed E-state index contributed by atoms with van der Waals surface area (Å²) in [7, 11) is 2.96. The Bertz CT molecular complexity index is 954. The third-order valence-corrected chi connectivity index (χ3v) is 3.91. The number of nitrogen functional groups attached to an aromatic ring is 1. The van der Waals surface area contributed by atoms with Gasteiger partial charge in [-0.05, 0) is 22.9 Å². The van der Waals surface area contributed by atoms with E-state index in [0.29, 0.717) is 22.9 Å². The SMILES string of the molecule is COc1cc(NC(=O)c2cc3ccccc3cc2O)c(OC)cc1N. The van der Waals surface area contributed by atoms with Crippen molar-refractivity contribution in [3.8, 4) is 17.2 Å². The summed E-state index contributed by atoms with van der Waals surface area (Å²) < 4.78 is 10.4. The normalized spacial score (nSPS) is 10.5. The highest BCUT2D eigenvalue weighted by Gasteiger charge is 2.16. The molecule has 25 heavy (non-hydrogen) atoms. The Hall–Kier alpha value is -3.41. The molecule has 3 aromatic carbocycles. The summed E-state index contributed by atoms with van der Waals surface area (Å²) in [5.41, 5.74) is 6.80. The first-order valence-corrected chi connectivity index (χ1v) is 7.58. The average molecular weight is 338 g/mol. The topological polar surface area (TPSA) is 93.8 Å². The van der Waals surface area contributed by atoms with Crippen LogP contribution in [0, 0.1) is 0 Å². The van der Waals surface area contributed by atoms with E-state index in [4.69, 9.17) is 15.2 Å². The number of carbonyl (C=O) groups excluding carboxylic acids is 1. The molecule has 6 nitrogen and oxygen atoms in total. The second-order valence-corrected chi connectivity index (χ2v) is 5.47. The van der Waals surface area contributed by atoms with Gasteiger partial charge in [0.05, 0.1) is 31.2 Å². The molecule has 0 heterocycles. The average Bonchev–Trinajstić information content (AvgIpc) is 2.62. The first kappa shape index (κ1) is 16.4. The van der Waals surface area contributed by atoms with Gasteiger partial charge < -0.3 is 25.6 Å². The number of anilines is 2. The van der Waals surface area contributed by atoms with Gasteiger partial charge in [-0.1, -0.05) is 24.3 Å². The zero-order valence-electron chi connectivity index (χ0n) is 13.9. The minimum Gasteiger partial charge on any atom is -0.507 e. The quantitative estimate of drug-likeness (QED) is 0.634. The van der Waals surface area contributed by atoms with E-state index >= 15 is 0 Å². The van der Waals surface area contributed by atoms with Crippen molar-refractivity contribution in [2.24, 2.45) is 0 Å². The number of hydrogen-bond acceptors (Lipinski definition) is 5. The molecule has 1 amide bonds. The van der Waals surface area contributed by atoms with Crippen molar-refractivity contribution in [3.63, 3.8) is 0 Å². The van der Waals surface area contributed by atoms with Gasteiger partial charge in [0.15, 0.2) is 0 Å². The largest absolute Gasteiger partial charge is 0.507 e. The molecule has 0 atom stereocenters. The van der Waals surface area contributed by atoms with Gasteiger partial charge in [-0.25, -0.2) is 0 Å². The Kier molecular flexibility index (Phi) is 4.35. The Labute approximate surface area is 144 Å². The lowest BCUT2D eigenvalue weighted by atomic mass is 10.1. The van der Waals surface area contributed by atoms with Gasteiger partial charge in [0.2, 0.25) is 0 Å². The minimum absolute atomic E-state index is 0.0995. The first-order valence-electron chi connectivity index (χ1n) is 7.58. The van der Waals surface area contributed by atoms with Crippen LogP contribution in [0.2, 0.25) is 0 Å². The Morgan fingerprint density at radius 2 is 1.64 bits per heavy atom. The molecule has 0 saturated carbocycles. The van der Waals surface area contributed by atoms with E-state index in [0.717, 1.165) is 10.8 Å². The number of methoxy groups -OCH3 is 2. The number of aromatic hydroxyl groups is 1. The number of phenolic OH excluding ortho intramolecular Hbond substituents is 1. The van der Waals surface area contributed by atoms with Gasteiger partial charge >= 0.3 is 0 Å². The highest BCUT2D eigenvalue weighted by atomic mass is 16.5. The Morgan fingerprint density at radius 3 is 2.28 bits per heavy atom. The van der Waals surface area contributed by atoms with Crippen molar-refractivity contribution in [1.82, 2.24) is 0 Å². The smallest absolute Gasteiger partial charge is 0.259 e. The molecule has 0 aromatic heterocycles. The highest BCUT2D eigenvalue weighted by Crippen LogP contribution is 2.35. The van der Waals surface area contributed by atoms with Crippen LogP contribution in [0.3, 0.4) is 0 Å². The molecule has 0 fully saturated rings. The number of phenols is 1. The van der Waals surface area contributed by atoms with E-state index < -0.39 is 5.91 Å². The van der Waals surface area contributed by atoms with Crippen molar-refractivity contribution in [1.29, 1.82) is 0 Å². The van der Waals surface area contributed by atoms with Crippen LogP contribution in [0.25, 0.3) is 10.8 Å². The fourth-order valence-corrected chi connectivity index (χ4v) is 2.62. The van der Waals surface area contributed by atoms with Crippen molar-refractivity contribution in [2.45, 2.75) is 0 Å². The number of fused-ring (bicyclic) bond motifs is 1. The van der Waals surface area contributed by atoms with Crippen LogP contribution in [-0.4, -0.2) is 25.2 Å². The number of nitrogens with two attached hydrogens (primary N) is 1. The van der Waals surface area contributed by atoms with Crippen LogP contribution in [0.15, 0.2) is 48.5 Å². The molecule has 0 aliphatic heterocycles. The summed E-state index contributed by atoms with van der Waals surface area (Å²) in [6.45, 7) is 0. The third-order valence-electron chi connectivity index (χ3n) is 3.91. The molecular weight excluding hydrogens is 320 g/mol. The molecule has 3 rings (SSSR count). The molecule has 4 N–H and O–H groups in total. The maximum absolute atomic E-state index is 12.6. The maximum atomic E-state index is 12.6. The van der Waals surface area contributed by atoms with Gasteiger partial charge in [-0.15, -0.1) is 0 Å². The van der Waals surface area contributed by atoms with Crippen LogP contribution in [0.1, 0.15) is 10.4 Å². The second kappa shape index (κ2) is 6.60. The molecule has 0 aliphatic carbocycles.